The van der Waals surface area contributed by atoms with E-state index >= 15 is 0 Å². The highest BCUT2D eigenvalue weighted by molar-refractivity contribution is 5.20. The van der Waals surface area contributed by atoms with Gasteiger partial charge in [0.1, 0.15) is 0 Å². The molecule has 0 aromatic carbocycles. The van der Waals surface area contributed by atoms with Gasteiger partial charge in [-0.25, -0.2) is 0 Å². The van der Waals surface area contributed by atoms with Crippen LogP contribution in [0, 0.1) is 0 Å². The molecule has 0 fully saturated rings. The summed E-state index contributed by atoms with van der Waals surface area (Å²) in [6, 6.07) is 0. The minimum absolute atomic E-state index is 0.149. The molecule has 0 aromatic heterocycles. The van der Waals surface area contributed by atoms with Crippen LogP contribution in [0.1, 0.15) is 20.8 Å². The van der Waals surface area contributed by atoms with E-state index in [1.165, 1.54) is 5.57 Å². The summed E-state index contributed by atoms with van der Waals surface area (Å²) in [6.07, 6.45) is 7.83. The third kappa shape index (κ3) is 6.41. The number of hydrogen-bond acceptors (Lipinski definition) is 3. The highest BCUT2D eigenvalue weighted by Crippen LogP contribution is 2.07. The summed E-state index contributed by atoms with van der Waals surface area (Å²) < 4.78 is 15.5. The largest absolute Gasteiger partial charge is 0.377 e. The first-order valence-electron chi connectivity index (χ1n) is 5.66. The van der Waals surface area contributed by atoms with E-state index in [9.17, 15) is 0 Å². The lowest BCUT2D eigenvalue weighted by atomic mass is 10.1. The maximum atomic E-state index is 5.21. The van der Waals surface area contributed by atoms with Crippen LogP contribution in [0.25, 0.3) is 0 Å². The lowest BCUT2D eigenvalue weighted by Gasteiger charge is -2.12. The SMILES string of the molecule is COC(C)C(C)=C/C=C/C=C(C)C(OC)OC. The zero-order valence-corrected chi connectivity index (χ0v) is 11.7. The van der Waals surface area contributed by atoms with E-state index in [1.807, 2.05) is 45.1 Å². The topological polar surface area (TPSA) is 27.7 Å². The molecule has 98 valence electrons. The summed E-state index contributed by atoms with van der Waals surface area (Å²) in [5.41, 5.74) is 2.21. The third-order valence-corrected chi connectivity index (χ3v) is 2.62. The normalized spacial score (nSPS) is 15.9. The standard InChI is InChI=1S/C14H24O3/c1-11(13(3)15-4)9-7-8-10-12(2)14(16-5)17-6/h7-10,13-14H,1-6H3/b8-7+,11-9?,12-10?. The van der Waals surface area contributed by atoms with Crippen LogP contribution in [0.4, 0.5) is 0 Å². The third-order valence-electron chi connectivity index (χ3n) is 2.62. The van der Waals surface area contributed by atoms with Crippen LogP contribution in [-0.4, -0.2) is 33.7 Å². The number of rotatable bonds is 7. The Labute approximate surface area is 105 Å². The Morgan fingerprint density at radius 1 is 0.824 bits per heavy atom. The van der Waals surface area contributed by atoms with Crippen molar-refractivity contribution >= 4 is 0 Å². The molecule has 0 aliphatic carbocycles. The zero-order valence-electron chi connectivity index (χ0n) is 11.7. The van der Waals surface area contributed by atoms with Gasteiger partial charge in [0, 0.05) is 21.3 Å². The van der Waals surface area contributed by atoms with Crippen molar-refractivity contribution in [2.45, 2.75) is 33.2 Å². The van der Waals surface area contributed by atoms with Crippen molar-refractivity contribution in [3.8, 4) is 0 Å². The molecule has 0 N–H and O–H groups in total. The first-order chi connectivity index (χ1) is 8.06. The summed E-state index contributed by atoms with van der Waals surface area (Å²) in [5.74, 6) is 0. The van der Waals surface area contributed by atoms with Gasteiger partial charge in [-0.1, -0.05) is 24.3 Å². The van der Waals surface area contributed by atoms with Crippen molar-refractivity contribution in [1.29, 1.82) is 0 Å². The molecule has 0 bridgehead atoms. The summed E-state index contributed by atoms with van der Waals surface area (Å²) in [7, 11) is 4.95. The van der Waals surface area contributed by atoms with Gasteiger partial charge in [0.2, 0.25) is 0 Å². The van der Waals surface area contributed by atoms with Crippen LogP contribution in [-0.2, 0) is 14.2 Å². The Morgan fingerprint density at radius 3 is 1.71 bits per heavy atom. The van der Waals surface area contributed by atoms with Gasteiger partial charge < -0.3 is 14.2 Å². The highest BCUT2D eigenvalue weighted by Gasteiger charge is 2.05. The van der Waals surface area contributed by atoms with Crippen molar-refractivity contribution in [3.63, 3.8) is 0 Å². The molecule has 0 aliphatic heterocycles. The fraction of sp³-hybridized carbons (Fsp3) is 0.571. The van der Waals surface area contributed by atoms with E-state index in [0.717, 1.165) is 5.57 Å². The van der Waals surface area contributed by atoms with Crippen molar-refractivity contribution in [2.24, 2.45) is 0 Å². The van der Waals surface area contributed by atoms with Gasteiger partial charge in [0.25, 0.3) is 0 Å². The van der Waals surface area contributed by atoms with Crippen LogP contribution >= 0.6 is 0 Å². The Hall–Kier alpha value is -0.900. The molecular formula is C14H24O3. The first kappa shape index (κ1) is 16.1. The van der Waals surface area contributed by atoms with Crippen molar-refractivity contribution in [1.82, 2.24) is 0 Å². The van der Waals surface area contributed by atoms with Gasteiger partial charge in [-0.15, -0.1) is 0 Å². The quantitative estimate of drug-likeness (QED) is 0.505. The summed E-state index contributed by atoms with van der Waals surface area (Å²) in [6.45, 7) is 6.03. The molecule has 0 spiro atoms. The lowest BCUT2D eigenvalue weighted by molar-refractivity contribution is -0.0746. The zero-order chi connectivity index (χ0) is 13.3. The Bertz CT molecular complexity index is 286. The molecule has 0 saturated heterocycles. The molecule has 1 unspecified atom stereocenters. The summed E-state index contributed by atoms with van der Waals surface area (Å²) in [5, 5.41) is 0. The lowest BCUT2D eigenvalue weighted by Crippen LogP contribution is -2.13. The van der Waals surface area contributed by atoms with Crippen molar-refractivity contribution < 1.29 is 14.2 Å². The predicted octanol–water partition coefficient (Wildman–Crippen LogP) is 3.09. The van der Waals surface area contributed by atoms with Crippen molar-refractivity contribution in [3.05, 3.63) is 35.5 Å². The van der Waals surface area contributed by atoms with E-state index in [-0.39, 0.29) is 12.4 Å². The molecule has 0 saturated carbocycles. The Morgan fingerprint density at radius 2 is 1.29 bits per heavy atom. The van der Waals surface area contributed by atoms with E-state index in [4.69, 9.17) is 14.2 Å². The van der Waals surface area contributed by atoms with Gasteiger partial charge in [-0.2, -0.15) is 0 Å². The molecule has 17 heavy (non-hydrogen) atoms. The van der Waals surface area contributed by atoms with Crippen LogP contribution in [0.3, 0.4) is 0 Å². The van der Waals surface area contributed by atoms with Crippen LogP contribution in [0.5, 0.6) is 0 Å². The minimum atomic E-state index is -0.275. The minimum Gasteiger partial charge on any atom is -0.377 e. The second-order valence-electron chi connectivity index (χ2n) is 3.89. The number of ether oxygens (including phenoxy) is 3. The van der Waals surface area contributed by atoms with Crippen LogP contribution in [0.2, 0.25) is 0 Å². The molecule has 0 rings (SSSR count). The van der Waals surface area contributed by atoms with E-state index < -0.39 is 0 Å². The smallest absolute Gasteiger partial charge is 0.179 e. The maximum absolute atomic E-state index is 5.21. The van der Waals surface area contributed by atoms with Gasteiger partial charge in [0.15, 0.2) is 6.29 Å². The fourth-order valence-corrected chi connectivity index (χ4v) is 1.28. The molecule has 1 atom stereocenters. The highest BCUT2D eigenvalue weighted by atomic mass is 16.7. The molecule has 0 heterocycles. The Balaban J connectivity index is 4.40. The average molecular weight is 240 g/mol. The monoisotopic (exact) mass is 240 g/mol. The number of hydrogen-bond donors (Lipinski definition) is 0. The number of methoxy groups -OCH3 is 3. The van der Waals surface area contributed by atoms with E-state index in [1.54, 1.807) is 21.3 Å². The first-order valence-corrected chi connectivity index (χ1v) is 5.66. The fourth-order valence-electron chi connectivity index (χ4n) is 1.28. The molecular weight excluding hydrogens is 216 g/mol. The molecule has 3 nitrogen and oxygen atoms in total. The summed E-state index contributed by atoms with van der Waals surface area (Å²) >= 11 is 0. The van der Waals surface area contributed by atoms with Gasteiger partial charge >= 0.3 is 0 Å². The second kappa shape index (κ2) is 9.16. The van der Waals surface area contributed by atoms with Crippen LogP contribution in [0.15, 0.2) is 35.5 Å². The van der Waals surface area contributed by atoms with Crippen LogP contribution < -0.4 is 0 Å². The molecule has 0 radical (unpaired) electrons. The molecule has 0 amide bonds. The van der Waals surface area contributed by atoms with E-state index in [2.05, 4.69) is 0 Å². The second-order valence-corrected chi connectivity index (χ2v) is 3.89. The number of allylic oxidation sites excluding steroid dienone is 4. The predicted molar refractivity (Wildman–Crippen MR) is 70.9 cm³/mol. The average Bonchev–Trinajstić information content (AvgIpc) is 2.34. The molecule has 3 heteroatoms. The Kier molecular flexibility index (Phi) is 8.68. The summed E-state index contributed by atoms with van der Waals surface area (Å²) in [4.78, 5) is 0. The maximum Gasteiger partial charge on any atom is 0.179 e. The van der Waals surface area contributed by atoms with Crippen molar-refractivity contribution in [2.75, 3.05) is 21.3 Å². The van der Waals surface area contributed by atoms with Gasteiger partial charge in [-0.3, -0.25) is 0 Å². The molecule has 0 aromatic rings. The van der Waals surface area contributed by atoms with Gasteiger partial charge in [0.05, 0.1) is 6.10 Å². The van der Waals surface area contributed by atoms with E-state index in [0.29, 0.717) is 0 Å². The van der Waals surface area contributed by atoms with Gasteiger partial charge in [-0.05, 0) is 31.9 Å². The molecule has 0 aliphatic rings.